The van der Waals surface area contributed by atoms with E-state index in [9.17, 15) is 4.79 Å². The van der Waals surface area contributed by atoms with Crippen LogP contribution in [0.15, 0.2) is 4.99 Å². The van der Waals surface area contributed by atoms with Crippen molar-refractivity contribution in [2.24, 2.45) is 10.9 Å². The summed E-state index contributed by atoms with van der Waals surface area (Å²) < 4.78 is 4.87. The van der Waals surface area contributed by atoms with Gasteiger partial charge in [0.05, 0.1) is 6.61 Å². The van der Waals surface area contributed by atoms with Gasteiger partial charge in [-0.1, -0.05) is 13.8 Å². The molecule has 0 aliphatic heterocycles. The Morgan fingerprint density at radius 3 is 2.48 bits per heavy atom. The van der Waals surface area contributed by atoms with Crippen molar-refractivity contribution in [2.75, 3.05) is 39.9 Å². The highest BCUT2D eigenvalue weighted by molar-refractivity contribution is 14.0. The fourth-order valence-electron chi connectivity index (χ4n) is 1.56. The Morgan fingerprint density at radius 1 is 1.19 bits per heavy atom. The number of carbonyl (C=O) groups is 1. The van der Waals surface area contributed by atoms with Crippen LogP contribution in [0, 0.1) is 5.92 Å². The minimum absolute atomic E-state index is 0. The Labute approximate surface area is 145 Å². The first-order valence-electron chi connectivity index (χ1n) is 7.38. The first-order valence-corrected chi connectivity index (χ1v) is 7.38. The summed E-state index contributed by atoms with van der Waals surface area (Å²) in [6.45, 7) is 9.24. The lowest BCUT2D eigenvalue weighted by atomic mass is 10.1. The van der Waals surface area contributed by atoms with E-state index in [0.29, 0.717) is 25.0 Å². The average Bonchev–Trinajstić information content (AvgIpc) is 2.40. The number of guanidine groups is 1. The highest BCUT2D eigenvalue weighted by Gasteiger charge is 2.01. The molecule has 0 aromatic carbocycles. The van der Waals surface area contributed by atoms with Gasteiger partial charge in [0.2, 0.25) is 5.91 Å². The van der Waals surface area contributed by atoms with Crippen molar-refractivity contribution in [3.05, 3.63) is 0 Å². The molecule has 0 saturated carbocycles. The Kier molecular flexibility index (Phi) is 17.1. The third kappa shape index (κ3) is 15.6. The maximum absolute atomic E-state index is 11.5. The number of halogens is 1. The summed E-state index contributed by atoms with van der Waals surface area (Å²) in [4.78, 5) is 15.8. The Balaban J connectivity index is 0. The Hall–Kier alpha value is -0.570. The summed E-state index contributed by atoms with van der Waals surface area (Å²) in [6.07, 6.45) is 2.28. The number of nitrogens with one attached hydrogen (secondary N) is 3. The second-order valence-corrected chi connectivity index (χ2v) is 5.00. The van der Waals surface area contributed by atoms with Gasteiger partial charge in [0.1, 0.15) is 6.54 Å². The molecule has 0 heterocycles. The average molecular weight is 414 g/mol. The lowest BCUT2D eigenvalue weighted by Crippen LogP contribution is -2.39. The number of aliphatic imine (C=N–C) groups is 1. The summed E-state index contributed by atoms with van der Waals surface area (Å²) in [5.74, 6) is 1.31. The highest BCUT2D eigenvalue weighted by atomic mass is 127. The van der Waals surface area contributed by atoms with E-state index in [1.807, 2.05) is 6.92 Å². The zero-order chi connectivity index (χ0) is 15.2. The molecule has 0 atom stereocenters. The van der Waals surface area contributed by atoms with Gasteiger partial charge in [0.15, 0.2) is 5.96 Å². The van der Waals surface area contributed by atoms with Crippen molar-refractivity contribution in [2.45, 2.75) is 33.6 Å². The summed E-state index contributed by atoms with van der Waals surface area (Å²) in [5.41, 5.74) is 0. The molecule has 0 aromatic heterocycles. The predicted octanol–water partition coefficient (Wildman–Crippen LogP) is 1.36. The number of ether oxygens (including phenoxy) is 1. The lowest BCUT2D eigenvalue weighted by Gasteiger charge is -2.12. The smallest absolute Gasteiger partial charge is 0.241 e. The molecular formula is C14H31IN4O2. The maximum atomic E-state index is 11.5. The van der Waals surface area contributed by atoms with E-state index < -0.39 is 0 Å². The summed E-state index contributed by atoms with van der Waals surface area (Å²) in [6, 6.07) is 0. The van der Waals surface area contributed by atoms with Gasteiger partial charge in [0.25, 0.3) is 0 Å². The number of hydrogen-bond donors (Lipinski definition) is 3. The first kappa shape index (κ1) is 22.7. The maximum Gasteiger partial charge on any atom is 0.241 e. The number of amides is 1. The van der Waals surface area contributed by atoms with Crippen LogP contribution < -0.4 is 16.0 Å². The molecule has 3 N–H and O–H groups in total. The van der Waals surface area contributed by atoms with Crippen molar-refractivity contribution in [1.82, 2.24) is 16.0 Å². The lowest BCUT2D eigenvalue weighted by molar-refractivity contribution is -0.119. The molecule has 0 aromatic rings. The van der Waals surface area contributed by atoms with Gasteiger partial charge in [0, 0.05) is 26.7 Å². The van der Waals surface area contributed by atoms with Crippen LogP contribution in [0.4, 0.5) is 0 Å². The van der Waals surface area contributed by atoms with E-state index in [0.717, 1.165) is 19.5 Å². The van der Waals surface area contributed by atoms with Gasteiger partial charge >= 0.3 is 0 Å². The molecule has 0 spiro atoms. The largest absolute Gasteiger partial charge is 0.383 e. The summed E-state index contributed by atoms with van der Waals surface area (Å²) in [5, 5.41) is 9.10. The molecule has 0 bridgehead atoms. The van der Waals surface area contributed by atoms with Crippen LogP contribution in [0.3, 0.4) is 0 Å². The number of hydrogen-bond acceptors (Lipinski definition) is 3. The molecule has 1 amide bonds. The molecule has 0 aliphatic rings. The zero-order valence-corrected chi connectivity index (χ0v) is 16.0. The van der Waals surface area contributed by atoms with Gasteiger partial charge in [-0.05, 0) is 25.7 Å². The Morgan fingerprint density at radius 2 is 1.90 bits per heavy atom. The first-order chi connectivity index (χ1) is 9.60. The molecule has 0 radical (unpaired) electrons. The Bertz CT molecular complexity index is 286. The van der Waals surface area contributed by atoms with E-state index in [-0.39, 0.29) is 36.4 Å². The molecule has 0 rings (SSSR count). The van der Waals surface area contributed by atoms with Crippen LogP contribution in [0.5, 0.6) is 0 Å². The molecular weight excluding hydrogens is 383 g/mol. The third-order valence-electron chi connectivity index (χ3n) is 2.60. The van der Waals surface area contributed by atoms with Crippen LogP contribution in [0.2, 0.25) is 0 Å². The second-order valence-electron chi connectivity index (χ2n) is 5.00. The van der Waals surface area contributed by atoms with Gasteiger partial charge in [-0.2, -0.15) is 0 Å². The molecule has 0 fully saturated rings. The van der Waals surface area contributed by atoms with Gasteiger partial charge in [-0.25, -0.2) is 4.99 Å². The fourth-order valence-corrected chi connectivity index (χ4v) is 1.56. The van der Waals surface area contributed by atoms with Gasteiger partial charge in [-0.15, -0.1) is 24.0 Å². The molecule has 0 aliphatic carbocycles. The molecule has 126 valence electrons. The fraction of sp³-hybridized carbons (Fsp3) is 0.857. The van der Waals surface area contributed by atoms with Crippen LogP contribution in [0.1, 0.15) is 33.6 Å². The molecule has 0 unspecified atom stereocenters. The number of methoxy groups -OCH3 is 1. The summed E-state index contributed by atoms with van der Waals surface area (Å²) in [7, 11) is 1.61. The minimum atomic E-state index is -0.0959. The second kappa shape index (κ2) is 15.8. The standard InChI is InChI=1S/C14H30N4O2.HI/c1-5-15-14(17-8-6-7-12(2)3)18-11-13(19)16-9-10-20-4;/h12H,5-11H2,1-4H3,(H,16,19)(H2,15,17,18);1H. The van der Waals surface area contributed by atoms with Crippen molar-refractivity contribution >= 4 is 35.8 Å². The summed E-state index contributed by atoms with van der Waals surface area (Å²) >= 11 is 0. The van der Waals surface area contributed by atoms with E-state index in [2.05, 4.69) is 34.8 Å². The zero-order valence-electron chi connectivity index (χ0n) is 13.7. The van der Waals surface area contributed by atoms with Gasteiger partial charge < -0.3 is 20.7 Å². The quantitative estimate of drug-likeness (QED) is 0.219. The van der Waals surface area contributed by atoms with Crippen LogP contribution in [-0.2, 0) is 9.53 Å². The van der Waals surface area contributed by atoms with Crippen LogP contribution >= 0.6 is 24.0 Å². The van der Waals surface area contributed by atoms with Crippen molar-refractivity contribution < 1.29 is 9.53 Å². The number of rotatable bonds is 10. The monoisotopic (exact) mass is 414 g/mol. The van der Waals surface area contributed by atoms with E-state index in [1.54, 1.807) is 7.11 Å². The van der Waals surface area contributed by atoms with Crippen molar-refractivity contribution in [3.8, 4) is 0 Å². The molecule has 7 heteroatoms. The molecule has 6 nitrogen and oxygen atoms in total. The SMILES string of the molecule is CCNC(=NCC(=O)NCCOC)NCCCC(C)C.I. The predicted molar refractivity (Wildman–Crippen MR) is 98.4 cm³/mol. The van der Waals surface area contributed by atoms with Crippen molar-refractivity contribution in [1.29, 1.82) is 0 Å². The van der Waals surface area contributed by atoms with E-state index in [1.165, 1.54) is 6.42 Å². The van der Waals surface area contributed by atoms with Crippen molar-refractivity contribution in [3.63, 3.8) is 0 Å². The van der Waals surface area contributed by atoms with E-state index in [4.69, 9.17) is 4.74 Å². The normalized spacial score (nSPS) is 11.0. The minimum Gasteiger partial charge on any atom is -0.383 e. The van der Waals surface area contributed by atoms with Crippen LogP contribution in [-0.4, -0.2) is 51.8 Å². The van der Waals surface area contributed by atoms with Crippen LogP contribution in [0.25, 0.3) is 0 Å². The highest BCUT2D eigenvalue weighted by Crippen LogP contribution is 2.01. The number of nitrogens with zero attached hydrogens (tertiary/aromatic N) is 1. The topological polar surface area (TPSA) is 74.8 Å². The number of carbonyl (C=O) groups excluding carboxylic acids is 1. The molecule has 21 heavy (non-hydrogen) atoms. The van der Waals surface area contributed by atoms with Gasteiger partial charge in [-0.3, -0.25) is 4.79 Å². The van der Waals surface area contributed by atoms with E-state index >= 15 is 0 Å². The third-order valence-corrected chi connectivity index (χ3v) is 2.60. The molecule has 0 saturated heterocycles.